The maximum atomic E-state index is 5.87. The number of hydrogen-bond donors (Lipinski definition) is 1. The van der Waals surface area contributed by atoms with E-state index in [1.165, 1.54) is 6.33 Å². The molecule has 0 amide bonds. The number of hydrogen-bond acceptors (Lipinski definition) is 4. The van der Waals surface area contributed by atoms with E-state index < -0.39 is 0 Å². The average molecular weight is 224 g/mol. The van der Waals surface area contributed by atoms with Crippen LogP contribution in [-0.4, -0.2) is 26.3 Å². The number of halogens is 1. The average Bonchev–Trinajstić information content (AvgIpc) is 2.74. The second kappa shape index (κ2) is 4.75. The molecule has 0 fully saturated rings. The smallest absolute Gasteiger partial charge is 0.148 e. The van der Waals surface area contributed by atoms with Crippen LogP contribution in [0.25, 0.3) is 0 Å². The van der Waals surface area contributed by atoms with Crippen LogP contribution in [0.3, 0.4) is 0 Å². The third kappa shape index (κ3) is 2.66. The molecule has 2 heterocycles. The van der Waals surface area contributed by atoms with Crippen molar-refractivity contribution < 1.29 is 0 Å². The van der Waals surface area contributed by atoms with Crippen molar-refractivity contribution in [2.75, 3.05) is 11.9 Å². The fourth-order valence-electron chi connectivity index (χ4n) is 1.16. The first-order valence-electron chi connectivity index (χ1n) is 4.53. The summed E-state index contributed by atoms with van der Waals surface area (Å²) in [4.78, 5) is 7.82. The van der Waals surface area contributed by atoms with Gasteiger partial charge >= 0.3 is 0 Å². The van der Waals surface area contributed by atoms with Gasteiger partial charge in [0.25, 0.3) is 0 Å². The fourth-order valence-corrected chi connectivity index (χ4v) is 1.34. The Hall–Kier alpha value is -1.62. The van der Waals surface area contributed by atoms with Crippen LogP contribution in [0.4, 0.5) is 5.82 Å². The molecule has 0 saturated heterocycles. The van der Waals surface area contributed by atoms with E-state index in [-0.39, 0.29) is 0 Å². The standard InChI is InChI=1S/C9H10ClN5/c10-8-6-11-7-13-9(8)12-3-5-15-4-1-2-14-15/h1-2,4,6-7H,3,5H2,(H,11,12,13). The minimum atomic E-state index is 0.526. The van der Waals surface area contributed by atoms with E-state index in [0.29, 0.717) is 10.8 Å². The van der Waals surface area contributed by atoms with E-state index in [2.05, 4.69) is 20.4 Å². The molecule has 0 atom stereocenters. The van der Waals surface area contributed by atoms with E-state index in [4.69, 9.17) is 11.6 Å². The molecule has 2 aromatic heterocycles. The first-order chi connectivity index (χ1) is 7.36. The van der Waals surface area contributed by atoms with Crippen molar-refractivity contribution in [3.05, 3.63) is 36.0 Å². The molecular formula is C9H10ClN5. The number of anilines is 1. The monoisotopic (exact) mass is 223 g/mol. The number of rotatable bonds is 4. The molecule has 15 heavy (non-hydrogen) atoms. The van der Waals surface area contributed by atoms with Crippen LogP contribution in [0.15, 0.2) is 31.0 Å². The molecule has 0 saturated carbocycles. The summed E-state index contributed by atoms with van der Waals surface area (Å²) in [6.45, 7) is 1.49. The lowest BCUT2D eigenvalue weighted by atomic mass is 10.5. The van der Waals surface area contributed by atoms with E-state index in [1.54, 1.807) is 12.4 Å². The van der Waals surface area contributed by atoms with Gasteiger partial charge in [-0.05, 0) is 6.07 Å². The molecule has 2 rings (SSSR count). The minimum Gasteiger partial charge on any atom is -0.367 e. The van der Waals surface area contributed by atoms with Crippen molar-refractivity contribution >= 4 is 17.4 Å². The molecule has 0 unspecified atom stereocenters. The highest BCUT2D eigenvalue weighted by Gasteiger charge is 1.99. The van der Waals surface area contributed by atoms with Crippen LogP contribution >= 0.6 is 11.6 Å². The summed E-state index contributed by atoms with van der Waals surface area (Å²) in [5.41, 5.74) is 0. The largest absolute Gasteiger partial charge is 0.367 e. The van der Waals surface area contributed by atoms with Gasteiger partial charge in [-0.25, -0.2) is 9.97 Å². The summed E-state index contributed by atoms with van der Waals surface area (Å²) < 4.78 is 1.84. The van der Waals surface area contributed by atoms with Gasteiger partial charge in [-0.3, -0.25) is 4.68 Å². The lowest BCUT2D eigenvalue weighted by molar-refractivity contribution is 0.637. The van der Waals surface area contributed by atoms with Crippen LogP contribution in [-0.2, 0) is 6.54 Å². The van der Waals surface area contributed by atoms with Crippen LogP contribution in [0.2, 0.25) is 5.02 Å². The summed E-state index contributed by atoms with van der Waals surface area (Å²) in [6.07, 6.45) is 6.67. The summed E-state index contributed by atoms with van der Waals surface area (Å²) in [6, 6.07) is 1.89. The molecule has 0 spiro atoms. The van der Waals surface area contributed by atoms with Gasteiger partial charge in [-0.2, -0.15) is 5.10 Å². The summed E-state index contributed by atoms with van der Waals surface area (Å²) in [5.74, 6) is 0.652. The normalized spacial score (nSPS) is 10.2. The van der Waals surface area contributed by atoms with Gasteiger partial charge in [-0.15, -0.1) is 0 Å². The number of aromatic nitrogens is 4. The number of nitrogens with one attached hydrogen (secondary N) is 1. The van der Waals surface area contributed by atoms with Crippen molar-refractivity contribution in [3.63, 3.8) is 0 Å². The highest BCUT2D eigenvalue weighted by atomic mass is 35.5. The van der Waals surface area contributed by atoms with Gasteiger partial charge in [0.05, 0.1) is 12.7 Å². The van der Waals surface area contributed by atoms with Crippen molar-refractivity contribution in [1.29, 1.82) is 0 Å². The van der Waals surface area contributed by atoms with E-state index in [9.17, 15) is 0 Å². The zero-order valence-corrected chi connectivity index (χ0v) is 8.72. The maximum absolute atomic E-state index is 5.87. The maximum Gasteiger partial charge on any atom is 0.148 e. The van der Waals surface area contributed by atoms with Crippen molar-refractivity contribution in [3.8, 4) is 0 Å². The zero-order valence-electron chi connectivity index (χ0n) is 7.97. The lowest BCUT2D eigenvalue weighted by Crippen LogP contribution is -2.11. The Kier molecular flexibility index (Phi) is 3.14. The molecule has 5 nitrogen and oxygen atoms in total. The number of nitrogens with zero attached hydrogens (tertiary/aromatic N) is 4. The van der Waals surface area contributed by atoms with Crippen molar-refractivity contribution in [1.82, 2.24) is 19.7 Å². The highest BCUT2D eigenvalue weighted by molar-refractivity contribution is 6.32. The van der Waals surface area contributed by atoms with Crippen LogP contribution in [0.5, 0.6) is 0 Å². The zero-order chi connectivity index (χ0) is 10.5. The minimum absolute atomic E-state index is 0.526. The Bertz CT molecular complexity index is 414. The van der Waals surface area contributed by atoms with Crippen LogP contribution in [0.1, 0.15) is 0 Å². The van der Waals surface area contributed by atoms with Gasteiger partial charge in [0.1, 0.15) is 17.2 Å². The Morgan fingerprint density at radius 1 is 1.47 bits per heavy atom. The molecule has 0 aliphatic carbocycles. The molecule has 78 valence electrons. The molecule has 2 aromatic rings. The van der Waals surface area contributed by atoms with E-state index in [1.807, 2.05) is 16.9 Å². The predicted octanol–water partition coefficient (Wildman–Crippen LogP) is 1.44. The van der Waals surface area contributed by atoms with Crippen LogP contribution < -0.4 is 5.32 Å². The molecule has 0 aliphatic heterocycles. The van der Waals surface area contributed by atoms with E-state index in [0.717, 1.165) is 13.1 Å². The highest BCUT2D eigenvalue weighted by Crippen LogP contribution is 2.15. The molecule has 0 aromatic carbocycles. The van der Waals surface area contributed by atoms with Crippen molar-refractivity contribution in [2.45, 2.75) is 6.54 Å². The molecule has 0 radical (unpaired) electrons. The summed E-state index contributed by atoms with van der Waals surface area (Å²) in [7, 11) is 0. The van der Waals surface area contributed by atoms with Gasteiger partial charge < -0.3 is 5.32 Å². The topological polar surface area (TPSA) is 55.6 Å². The van der Waals surface area contributed by atoms with E-state index >= 15 is 0 Å². The predicted molar refractivity (Wildman–Crippen MR) is 57.8 cm³/mol. The van der Waals surface area contributed by atoms with Gasteiger partial charge in [0.15, 0.2) is 0 Å². The molecular weight excluding hydrogens is 214 g/mol. The first kappa shape index (κ1) is 9.92. The quantitative estimate of drug-likeness (QED) is 0.852. The van der Waals surface area contributed by atoms with Crippen molar-refractivity contribution in [2.24, 2.45) is 0 Å². The summed E-state index contributed by atoms with van der Waals surface area (Å²) >= 11 is 5.87. The van der Waals surface area contributed by atoms with Gasteiger partial charge in [-0.1, -0.05) is 11.6 Å². The Balaban J connectivity index is 1.86. The lowest BCUT2D eigenvalue weighted by Gasteiger charge is -2.06. The molecule has 0 aliphatic rings. The Labute approximate surface area is 92.1 Å². The second-order valence-electron chi connectivity index (χ2n) is 2.92. The Morgan fingerprint density at radius 3 is 3.13 bits per heavy atom. The fraction of sp³-hybridized carbons (Fsp3) is 0.222. The van der Waals surface area contributed by atoms with Gasteiger partial charge in [0, 0.05) is 18.9 Å². The van der Waals surface area contributed by atoms with Gasteiger partial charge in [0.2, 0.25) is 0 Å². The summed E-state index contributed by atoms with van der Waals surface area (Å²) in [5, 5.41) is 7.71. The first-order valence-corrected chi connectivity index (χ1v) is 4.91. The third-order valence-corrected chi connectivity index (χ3v) is 2.14. The SMILES string of the molecule is Clc1cncnc1NCCn1cccn1. The second-order valence-corrected chi connectivity index (χ2v) is 3.32. The molecule has 6 heteroatoms. The molecule has 1 N–H and O–H groups in total. The third-order valence-electron chi connectivity index (χ3n) is 1.86. The van der Waals surface area contributed by atoms with Crippen LogP contribution in [0, 0.1) is 0 Å². The molecule has 0 bridgehead atoms. The Morgan fingerprint density at radius 2 is 2.40 bits per heavy atom.